The molecule has 0 saturated heterocycles. The van der Waals surface area contributed by atoms with E-state index < -0.39 is 0 Å². The van der Waals surface area contributed by atoms with Gasteiger partial charge in [-0.05, 0) is 35.7 Å². The third-order valence-corrected chi connectivity index (χ3v) is 3.84. The van der Waals surface area contributed by atoms with Gasteiger partial charge in [0.05, 0.1) is 0 Å². The van der Waals surface area contributed by atoms with Gasteiger partial charge >= 0.3 is 0 Å². The first-order valence-electron chi connectivity index (χ1n) is 7.56. The zero-order valence-corrected chi connectivity index (χ0v) is 13.1. The van der Waals surface area contributed by atoms with Gasteiger partial charge in [-0.3, -0.25) is 4.99 Å². The zero-order valence-electron chi connectivity index (χ0n) is 13.1. The average Bonchev–Trinajstić information content (AvgIpc) is 2.95. The maximum Gasteiger partial charge on any atom is 0.0456 e. The molecule has 0 aliphatic rings. The number of rotatable bonds is 5. The number of para-hydroxylation sites is 1. The highest BCUT2D eigenvalue weighted by Crippen LogP contribution is 2.18. The number of aromatic nitrogens is 1. The zero-order chi connectivity index (χ0) is 15.4. The SMILES string of the molecule is CN(C)c1ccc(C=NCCc2c[nH]c3ccccc23)cc1. The van der Waals surface area contributed by atoms with Crippen LogP contribution in [0.1, 0.15) is 11.1 Å². The van der Waals surface area contributed by atoms with Crippen molar-refractivity contribution in [3.05, 3.63) is 65.9 Å². The quantitative estimate of drug-likeness (QED) is 0.710. The summed E-state index contributed by atoms with van der Waals surface area (Å²) in [4.78, 5) is 9.95. The molecule has 0 spiro atoms. The summed E-state index contributed by atoms with van der Waals surface area (Å²) in [6.07, 6.45) is 5.00. The molecular formula is C19H21N3. The molecule has 1 N–H and O–H groups in total. The predicted octanol–water partition coefficient (Wildman–Crippen LogP) is 3.90. The molecule has 0 fully saturated rings. The largest absolute Gasteiger partial charge is 0.378 e. The van der Waals surface area contributed by atoms with E-state index in [2.05, 4.69) is 69.6 Å². The lowest BCUT2D eigenvalue weighted by atomic mass is 10.1. The Bertz CT molecular complexity index is 767. The number of fused-ring (bicyclic) bond motifs is 1. The molecule has 0 bridgehead atoms. The fourth-order valence-electron chi connectivity index (χ4n) is 2.55. The van der Waals surface area contributed by atoms with Crippen LogP contribution in [0.5, 0.6) is 0 Å². The second-order valence-corrected chi connectivity index (χ2v) is 5.63. The highest BCUT2D eigenvalue weighted by molar-refractivity contribution is 5.83. The van der Waals surface area contributed by atoms with Gasteiger partial charge < -0.3 is 9.88 Å². The summed E-state index contributed by atoms with van der Waals surface area (Å²) >= 11 is 0. The van der Waals surface area contributed by atoms with Crippen molar-refractivity contribution in [1.82, 2.24) is 4.98 Å². The lowest BCUT2D eigenvalue weighted by molar-refractivity contribution is 0.981. The van der Waals surface area contributed by atoms with Crippen molar-refractivity contribution < 1.29 is 0 Å². The van der Waals surface area contributed by atoms with Crippen molar-refractivity contribution in [2.24, 2.45) is 4.99 Å². The number of aliphatic imine (C=N–C) groups is 1. The van der Waals surface area contributed by atoms with E-state index in [0.717, 1.165) is 18.5 Å². The van der Waals surface area contributed by atoms with Crippen molar-refractivity contribution >= 4 is 22.8 Å². The molecule has 3 rings (SSSR count). The normalized spacial score (nSPS) is 11.4. The average molecular weight is 291 g/mol. The lowest BCUT2D eigenvalue weighted by Crippen LogP contribution is -2.08. The van der Waals surface area contributed by atoms with Gasteiger partial charge in [-0.1, -0.05) is 30.3 Å². The van der Waals surface area contributed by atoms with Crippen molar-refractivity contribution in [2.45, 2.75) is 6.42 Å². The molecule has 0 aliphatic carbocycles. The molecule has 22 heavy (non-hydrogen) atoms. The van der Waals surface area contributed by atoms with Crippen molar-refractivity contribution in [1.29, 1.82) is 0 Å². The van der Waals surface area contributed by atoms with Gasteiger partial charge in [0.2, 0.25) is 0 Å². The van der Waals surface area contributed by atoms with E-state index in [-0.39, 0.29) is 0 Å². The molecule has 0 unspecified atom stereocenters. The van der Waals surface area contributed by atoms with Crippen LogP contribution in [0.2, 0.25) is 0 Å². The number of anilines is 1. The standard InChI is InChI=1S/C19H21N3/c1-22(2)17-9-7-15(8-10-17)13-20-12-11-16-14-21-19-6-4-3-5-18(16)19/h3-10,13-14,21H,11-12H2,1-2H3. The Morgan fingerprint density at radius 2 is 1.82 bits per heavy atom. The molecule has 1 aromatic heterocycles. The first-order chi connectivity index (χ1) is 10.7. The third kappa shape index (κ3) is 3.19. The van der Waals surface area contributed by atoms with E-state index in [1.54, 1.807) is 0 Å². The summed E-state index contributed by atoms with van der Waals surface area (Å²) < 4.78 is 0. The van der Waals surface area contributed by atoms with Crippen LogP contribution < -0.4 is 4.90 Å². The van der Waals surface area contributed by atoms with Crippen LogP contribution in [0.25, 0.3) is 10.9 Å². The van der Waals surface area contributed by atoms with Gasteiger partial charge in [0.1, 0.15) is 0 Å². The highest BCUT2D eigenvalue weighted by atomic mass is 15.1. The summed E-state index contributed by atoms with van der Waals surface area (Å²) in [7, 11) is 4.09. The van der Waals surface area contributed by atoms with E-state index in [4.69, 9.17) is 0 Å². The van der Waals surface area contributed by atoms with Crippen molar-refractivity contribution in [2.75, 3.05) is 25.5 Å². The Morgan fingerprint density at radius 3 is 2.59 bits per heavy atom. The van der Waals surface area contributed by atoms with Crippen molar-refractivity contribution in [3.8, 4) is 0 Å². The van der Waals surface area contributed by atoms with E-state index in [9.17, 15) is 0 Å². The summed E-state index contributed by atoms with van der Waals surface area (Å²) in [5.74, 6) is 0. The number of aromatic amines is 1. The fourth-order valence-corrected chi connectivity index (χ4v) is 2.55. The fraction of sp³-hybridized carbons (Fsp3) is 0.211. The Hall–Kier alpha value is -2.55. The first-order valence-corrected chi connectivity index (χ1v) is 7.56. The van der Waals surface area contributed by atoms with Gasteiger partial charge in [-0.25, -0.2) is 0 Å². The Balaban J connectivity index is 1.60. The minimum atomic E-state index is 0.803. The second kappa shape index (κ2) is 6.48. The van der Waals surface area contributed by atoms with Crippen LogP contribution in [0, 0.1) is 0 Å². The van der Waals surface area contributed by atoms with Crippen molar-refractivity contribution in [3.63, 3.8) is 0 Å². The van der Waals surface area contributed by atoms with Crippen LogP contribution >= 0.6 is 0 Å². The number of hydrogen-bond acceptors (Lipinski definition) is 2. The molecule has 2 aromatic carbocycles. The Kier molecular flexibility index (Phi) is 4.24. The molecular weight excluding hydrogens is 270 g/mol. The molecule has 0 aliphatic heterocycles. The number of hydrogen-bond donors (Lipinski definition) is 1. The van der Waals surface area contributed by atoms with E-state index in [1.165, 1.54) is 22.2 Å². The summed E-state index contributed by atoms with van der Waals surface area (Å²) in [5, 5.41) is 1.30. The third-order valence-electron chi connectivity index (χ3n) is 3.84. The molecule has 3 heteroatoms. The van der Waals surface area contributed by atoms with Crippen LogP contribution in [0.4, 0.5) is 5.69 Å². The van der Waals surface area contributed by atoms with Crippen LogP contribution in [-0.4, -0.2) is 31.8 Å². The van der Waals surface area contributed by atoms with Crippen LogP contribution in [-0.2, 0) is 6.42 Å². The molecule has 112 valence electrons. The van der Waals surface area contributed by atoms with E-state index >= 15 is 0 Å². The number of nitrogens with one attached hydrogen (secondary N) is 1. The monoisotopic (exact) mass is 291 g/mol. The van der Waals surface area contributed by atoms with Crippen LogP contribution in [0.15, 0.2) is 59.7 Å². The highest BCUT2D eigenvalue weighted by Gasteiger charge is 2.01. The van der Waals surface area contributed by atoms with Gasteiger partial charge in [0, 0.05) is 49.6 Å². The van der Waals surface area contributed by atoms with E-state index in [0.29, 0.717) is 0 Å². The second-order valence-electron chi connectivity index (χ2n) is 5.63. The predicted molar refractivity (Wildman–Crippen MR) is 95.2 cm³/mol. The molecule has 0 radical (unpaired) electrons. The summed E-state index contributed by atoms with van der Waals surface area (Å²) in [6, 6.07) is 16.8. The smallest absolute Gasteiger partial charge is 0.0456 e. The Labute approximate surface area is 131 Å². The van der Waals surface area contributed by atoms with Gasteiger partial charge in [-0.15, -0.1) is 0 Å². The maximum atomic E-state index is 4.55. The molecule has 3 nitrogen and oxygen atoms in total. The number of H-pyrrole nitrogens is 1. The number of benzene rings is 2. The van der Waals surface area contributed by atoms with Crippen LogP contribution in [0.3, 0.4) is 0 Å². The minimum absolute atomic E-state index is 0.803. The summed E-state index contributed by atoms with van der Waals surface area (Å²) in [5.41, 5.74) is 4.87. The molecule has 1 heterocycles. The molecule has 3 aromatic rings. The first kappa shape index (κ1) is 14.4. The molecule has 0 atom stereocenters. The van der Waals surface area contributed by atoms with E-state index in [1.807, 2.05) is 20.3 Å². The minimum Gasteiger partial charge on any atom is -0.378 e. The maximum absolute atomic E-state index is 4.55. The number of nitrogens with zero attached hydrogens (tertiary/aromatic N) is 2. The van der Waals surface area contributed by atoms with Gasteiger partial charge in [-0.2, -0.15) is 0 Å². The molecule has 0 amide bonds. The molecule has 0 saturated carbocycles. The Morgan fingerprint density at radius 1 is 1.05 bits per heavy atom. The lowest BCUT2D eigenvalue weighted by Gasteiger charge is -2.11. The topological polar surface area (TPSA) is 31.4 Å². The summed E-state index contributed by atoms with van der Waals surface area (Å²) in [6.45, 7) is 0.803. The van der Waals surface area contributed by atoms with Gasteiger partial charge in [0.25, 0.3) is 0 Å². The van der Waals surface area contributed by atoms with Gasteiger partial charge in [0.15, 0.2) is 0 Å².